The highest BCUT2D eigenvalue weighted by Crippen LogP contribution is 2.31. The number of likely N-dealkylation sites (tertiary alicyclic amines) is 1. The molecule has 1 saturated heterocycles. The Bertz CT molecular complexity index is 189. The molecule has 1 heterocycles. The number of nitrogens with two attached hydrogens (primary N) is 1. The zero-order valence-corrected chi connectivity index (χ0v) is 11.6. The minimum atomic E-state index is 0.359. The highest BCUT2D eigenvalue weighted by molar-refractivity contribution is 4.88. The van der Waals surface area contributed by atoms with Gasteiger partial charge in [0.05, 0.1) is 0 Å². The normalized spacial score (nSPS) is 23.2. The molecule has 0 saturated carbocycles. The first kappa shape index (κ1) is 14.0. The summed E-state index contributed by atoms with van der Waals surface area (Å²) in [5.41, 5.74) is 6.36. The molecule has 0 bridgehead atoms. The summed E-state index contributed by atoms with van der Waals surface area (Å²) in [6.45, 7) is 12.6. The third kappa shape index (κ3) is 2.98. The molecular formula is C14H30N2. The first-order valence-corrected chi connectivity index (χ1v) is 7.02. The van der Waals surface area contributed by atoms with Crippen molar-refractivity contribution >= 4 is 0 Å². The summed E-state index contributed by atoms with van der Waals surface area (Å²) < 4.78 is 0. The molecule has 1 aliphatic rings. The van der Waals surface area contributed by atoms with E-state index in [1.807, 2.05) is 0 Å². The predicted octanol–water partition coefficient (Wildman–Crippen LogP) is 2.87. The zero-order valence-electron chi connectivity index (χ0n) is 11.6. The monoisotopic (exact) mass is 226 g/mol. The maximum atomic E-state index is 6.00. The van der Waals surface area contributed by atoms with E-state index < -0.39 is 0 Å². The summed E-state index contributed by atoms with van der Waals surface area (Å²) in [6.07, 6.45) is 5.17. The van der Waals surface area contributed by atoms with Gasteiger partial charge in [-0.3, -0.25) is 4.90 Å². The second kappa shape index (κ2) is 6.02. The number of hydrogen-bond donors (Lipinski definition) is 1. The molecule has 2 heteroatoms. The van der Waals surface area contributed by atoms with Crippen molar-refractivity contribution in [2.75, 3.05) is 19.6 Å². The largest absolute Gasteiger partial charge is 0.330 e. The van der Waals surface area contributed by atoms with Crippen molar-refractivity contribution in [3.8, 4) is 0 Å². The van der Waals surface area contributed by atoms with E-state index in [9.17, 15) is 0 Å². The summed E-state index contributed by atoms with van der Waals surface area (Å²) in [5, 5.41) is 0. The van der Waals surface area contributed by atoms with Crippen molar-refractivity contribution < 1.29 is 0 Å². The van der Waals surface area contributed by atoms with Gasteiger partial charge in [0.1, 0.15) is 0 Å². The van der Waals surface area contributed by atoms with Crippen molar-refractivity contribution in [2.45, 2.75) is 59.4 Å². The van der Waals surface area contributed by atoms with Crippen LogP contribution < -0.4 is 5.73 Å². The van der Waals surface area contributed by atoms with Crippen molar-refractivity contribution in [3.63, 3.8) is 0 Å². The van der Waals surface area contributed by atoms with E-state index >= 15 is 0 Å². The number of nitrogens with zero attached hydrogens (tertiary/aromatic N) is 1. The average molecular weight is 226 g/mol. The first-order chi connectivity index (χ1) is 7.58. The summed E-state index contributed by atoms with van der Waals surface area (Å²) in [4.78, 5) is 2.70. The van der Waals surface area contributed by atoms with Gasteiger partial charge < -0.3 is 5.73 Å². The molecule has 2 nitrogen and oxygen atoms in total. The van der Waals surface area contributed by atoms with E-state index in [2.05, 4.69) is 32.6 Å². The SMILES string of the molecule is CCC(CC)(CN)CN1CCCC1C(C)C. The minimum Gasteiger partial charge on any atom is -0.330 e. The van der Waals surface area contributed by atoms with Gasteiger partial charge in [-0.25, -0.2) is 0 Å². The fourth-order valence-corrected chi connectivity index (χ4v) is 3.06. The van der Waals surface area contributed by atoms with E-state index in [4.69, 9.17) is 5.73 Å². The van der Waals surface area contributed by atoms with E-state index in [-0.39, 0.29) is 0 Å². The summed E-state index contributed by atoms with van der Waals surface area (Å²) in [6, 6.07) is 0.795. The van der Waals surface area contributed by atoms with Crippen LogP contribution in [0.2, 0.25) is 0 Å². The zero-order chi connectivity index (χ0) is 12.2. The molecule has 1 fully saturated rings. The summed E-state index contributed by atoms with van der Waals surface area (Å²) in [5.74, 6) is 0.784. The van der Waals surface area contributed by atoms with Crippen LogP contribution in [0.25, 0.3) is 0 Å². The van der Waals surface area contributed by atoms with Crippen molar-refractivity contribution in [1.82, 2.24) is 4.90 Å². The van der Waals surface area contributed by atoms with E-state index in [0.717, 1.165) is 18.5 Å². The van der Waals surface area contributed by atoms with E-state index in [0.29, 0.717) is 5.41 Å². The topological polar surface area (TPSA) is 29.3 Å². The van der Waals surface area contributed by atoms with Gasteiger partial charge >= 0.3 is 0 Å². The first-order valence-electron chi connectivity index (χ1n) is 7.02. The van der Waals surface area contributed by atoms with Gasteiger partial charge in [0.2, 0.25) is 0 Å². The molecule has 1 aliphatic heterocycles. The summed E-state index contributed by atoms with van der Waals surface area (Å²) >= 11 is 0. The lowest BCUT2D eigenvalue weighted by molar-refractivity contribution is 0.114. The third-order valence-corrected chi connectivity index (χ3v) is 4.66. The fourth-order valence-electron chi connectivity index (χ4n) is 3.06. The van der Waals surface area contributed by atoms with Gasteiger partial charge in [0, 0.05) is 12.6 Å². The maximum absolute atomic E-state index is 6.00. The predicted molar refractivity (Wildman–Crippen MR) is 71.5 cm³/mol. The smallest absolute Gasteiger partial charge is 0.0119 e. The molecule has 0 aromatic rings. The molecule has 0 aliphatic carbocycles. The van der Waals surface area contributed by atoms with Crippen molar-refractivity contribution in [3.05, 3.63) is 0 Å². The second-order valence-electron chi connectivity index (χ2n) is 5.84. The molecule has 16 heavy (non-hydrogen) atoms. The Morgan fingerprint density at radius 3 is 2.38 bits per heavy atom. The number of rotatable bonds is 6. The van der Waals surface area contributed by atoms with Crippen LogP contribution >= 0.6 is 0 Å². The van der Waals surface area contributed by atoms with Crippen LogP contribution in [0.1, 0.15) is 53.4 Å². The quantitative estimate of drug-likeness (QED) is 0.754. The molecule has 0 aromatic heterocycles. The molecule has 0 radical (unpaired) electrons. The number of hydrogen-bond acceptors (Lipinski definition) is 2. The molecule has 0 aromatic carbocycles. The van der Waals surface area contributed by atoms with Crippen molar-refractivity contribution in [2.24, 2.45) is 17.1 Å². The highest BCUT2D eigenvalue weighted by atomic mass is 15.2. The lowest BCUT2D eigenvalue weighted by atomic mass is 9.81. The van der Waals surface area contributed by atoms with Crippen LogP contribution in [-0.4, -0.2) is 30.6 Å². The van der Waals surface area contributed by atoms with Crippen LogP contribution in [0, 0.1) is 11.3 Å². The Morgan fingerprint density at radius 1 is 1.31 bits per heavy atom. The molecule has 96 valence electrons. The standard InChI is InChI=1S/C14H30N2/c1-5-14(6-2,10-15)11-16-9-7-8-13(16)12(3)4/h12-13H,5-11,15H2,1-4H3. The minimum absolute atomic E-state index is 0.359. The van der Waals surface area contributed by atoms with Crippen molar-refractivity contribution in [1.29, 1.82) is 0 Å². The highest BCUT2D eigenvalue weighted by Gasteiger charge is 2.33. The van der Waals surface area contributed by atoms with Crippen LogP contribution in [0.4, 0.5) is 0 Å². The second-order valence-corrected chi connectivity index (χ2v) is 5.84. The molecule has 1 rings (SSSR count). The van der Waals surface area contributed by atoms with Gasteiger partial charge in [-0.1, -0.05) is 27.7 Å². The summed E-state index contributed by atoms with van der Waals surface area (Å²) in [7, 11) is 0. The molecule has 2 N–H and O–H groups in total. The van der Waals surface area contributed by atoms with Crippen LogP contribution in [0.5, 0.6) is 0 Å². The lowest BCUT2D eigenvalue weighted by Crippen LogP contribution is -2.45. The average Bonchev–Trinajstić information content (AvgIpc) is 2.74. The molecule has 0 spiro atoms. The van der Waals surface area contributed by atoms with Crippen LogP contribution in [0.3, 0.4) is 0 Å². The fraction of sp³-hybridized carbons (Fsp3) is 1.00. The van der Waals surface area contributed by atoms with Gasteiger partial charge in [0.15, 0.2) is 0 Å². The van der Waals surface area contributed by atoms with Gasteiger partial charge in [-0.2, -0.15) is 0 Å². The van der Waals surface area contributed by atoms with Crippen LogP contribution in [0.15, 0.2) is 0 Å². The molecule has 1 atom stereocenters. The van der Waals surface area contributed by atoms with E-state index in [1.165, 1.54) is 38.8 Å². The van der Waals surface area contributed by atoms with Gasteiger partial charge in [0.25, 0.3) is 0 Å². The van der Waals surface area contributed by atoms with E-state index in [1.54, 1.807) is 0 Å². The Kier molecular flexibility index (Phi) is 5.26. The Morgan fingerprint density at radius 2 is 1.94 bits per heavy atom. The van der Waals surface area contributed by atoms with Gasteiger partial charge in [-0.05, 0) is 50.1 Å². The Hall–Kier alpha value is -0.0800. The Balaban J connectivity index is 2.63. The molecule has 1 unspecified atom stereocenters. The lowest BCUT2D eigenvalue weighted by Gasteiger charge is -2.38. The Labute approximate surface area is 102 Å². The maximum Gasteiger partial charge on any atom is 0.0119 e. The van der Waals surface area contributed by atoms with Gasteiger partial charge in [-0.15, -0.1) is 0 Å². The molecule has 0 amide bonds. The third-order valence-electron chi connectivity index (χ3n) is 4.66. The molecular weight excluding hydrogens is 196 g/mol. The van der Waals surface area contributed by atoms with Crippen LogP contribution in [-0.2, 0) is 0 Å².